The number of hydrogen-bond acceptors (Lipinski definition) is 4. The Balaban J connectivity index is 2.04. The van der Waals surface area contributed by atoms with E-state index in [2.05, 4.69) is 10.3 Å². The molecule has 1 aromatic carbocycles. The molecule has 0 radical (unpaired) electrons. The SMILES string of the molecule is COc1ccnc(N[C@H]2c3cc(F)ccc3N(C(C)=O)[C@@H](C)[C@@H]2C)c1. The quantitative estimate of drug-likeness (QED) is 0.922. The highest BCUT2D eigenvalue weighted by Gasteiger charge is 2.38. The molecule has 1 N–H and O–H groups in total. The minimum Gasteiger partial charge on any atom is -0.497 e. The first-order valence-corrected chi connectivity index (χ1v) is 8.28. The topological polar surface area (TPSA) is 54.5 Å². The monoisotopic (exact) mass is 343 g/mol. The van der Waals surface area contributed by atoms with Gasteiger partial charge in [0.05, 0.1) is 13.2 Å². The molecule has 132 valence electrons. The fraction of sp³-hybridized carbons (Fsp3) is 0.368. The maximum absolute atomic E-state index is 13.9. The summed E-state index contributed by atoms with van der Waals surface area (Å²) in [5, 5.41) is 3.38. The minimum atomic E-state index is -0.325. The molecule has 3 rings (SSSR count). The summed E-state index contributed by atoms with van der Waals surface area (Å²) >= 11 is 0. The first-order chi connectivity index (χ1) is 11.9. The second-order valence-corrected chi connectivity index (χ2v) is 6.39. The van der Waals surface area contributed by atoms with Crippen molar-refractivity contribution in [3.63, 3.8) is 0 Å². The van der Waals surface area contributed by atoms with Crippen molar-refractivity contribution in [1.29, 1.82) is 0 Å². The third kappa shape index (κ3) is 3.16. The second kappa shape index (κ2) is 6.70. The van der Waals surface area contributed by atoms with Crippen LogP contribution in [0.15, 0.2) is 36.5 Å². The van der Waals surface area contributed by atoms with Gasteiger partial charge in [-0.2, -0.15) is 0 Å². The second-order valence-electron chi connectivity index (χ2n) is 6.39. The zero-order chi connectivity index (χ0) is 18.1. The zero-order valence-electron chi connectivity index (χ0n) is 14.8. The van der Waals surface area contributed by atoms with Gasteiger partial charge < -0.3 is 15.0 Å². The van der Waals surface area contributed by atoms with Crippen molar-refractivity contribution >= 4 is 17.4 Å². The van der Waals surface area contributed by atoms with Gasteiger partial charge in [0.1, 0.15) is 17.4 Å². The molecule has 0 spiro atoms. The highest BCUT2D eigenvalue weighted by atomic mass is 19.1. The normalized spacial score (nSPS) is 22.3. The van der Waals surface area contributed by atoms with Crippen LogP contribution in [0.5, 0.6) is 5.75 Å². The molecule has 6 heteroatoms. The largest absolute Gasteiger partial charge is 0.497 e. The Kier molecular flexibility index (Phi) is 4.61. The number of aromatic nitrogens is 1. The first-order valence-electron chi connectivity index (χ1n) is 8.28. The predicted octanol–water partition coefficient (Wildman–Crippen LogP) is 3.77. The number of amides is 1. The zero-order valence-corrected chi connectivity index (χ0v) is 14.8. The third-order valence-electron chi connectivity index (χ3n) is 4.89. The standard InChI is InChI=1S/C19H22FN3O2/c1-11-12(2)23(13(3)24)17-6-5-14(20)9-16(17)19(11)22-18-10-15(25-4)7-8-21-18/h5-12,19H,1-4H3,(H,21,22)/t11-,12-,19+/m0/s1. The van der Waals surface area contributed by atoms with Crippen molar-refractivity contribution in [2.75, 3.05) is 17.3 Å². The van der Waals surface area contributed by atoms with Crippen molar-refractivity contribution in [2.24, 2.45) is 5.92 Å². The number of methoxy groups -OCH3 is 1. The van der Waals surface area contributed by atoms with Gasteiger partial charge in [-0.3, -0.25) is 4.79 Å². The summed E-state index contributed by atoms with van der Waals surface area (Å²) in [5.74, 6) is 1.03. The summed E-state index contributed by atoms with van der Waals surface area (Å²) in [6.07, 6.45) is 1.66. The van der Waals surface area contributed by atoms with Crippen molar-refractivity contribution in [2.45, 2.75) is 32.9 Å². The molecule has 3 atom stereocenters. The van der Waals surface area contributed by atoms with Crippen LogP contribution >= 0.6 is 0 Å². The number of rotatable bonds is 3. The maximum atomic E-state index is 13.9. The van der Waals surface area contributed by atoms with Gasteiger partial charge in [-0.1, -0.05) is 6.92 Å². The van der Waals surface area contributed by atoms with Gasteiger partial charge >= 0.3 is 0 Å². The molecule has 5 nitrogen and oxygen atoms in total. The molecule has 1 aliphatic heterocycles. The first kappa shape index (κ1) is 17.2. The fourth-order valence-electron chi connectivity index (χ4n) is 3.45. The molecule has 0 fully saturated rings. The van der Waals surface area contributed by atoms with Gasteiger partial charge in [0, 0.05) is 42.4 Å². The van der Waals surface area contributed by atoms with Crippen LogP contribution in [0.4, 0.5) is 15.9 Å². The Bertz CT molecular complexity index is 796. The molecule has 25 heavy (non-hydrogen) atoms. The van der Waals surface area contributed by atoms with Crippen LogP contribution in [-0.2, 0) is 4.79 Å². The fourth-order valence-corrected chi connectivity index (χ4v) is 3.45. The smallest absolute Gasteiger partial charge is 0.224 e. The van der Waals surface area contributed by atoms with Crippen molar-refractivity contribution in [3.8, 4) is 5.75 Å². The van der Waals surface area contributed by atoms with Crippen molar-refractivity contribution in [1.82, 2.24) is 4.98 Å². The average Bonchev–Trinajstić information content (AvgIpc) is 2.59. The van der Waals surface area contributed by atoms with E-state index in [1.807, 2.05) is 13.8 Å². The van der Waals surface area contributed by atoms with Crippen molar-refractivity contribution < 1.29 is 13.9 Å². The van der Waals surface area contributed by atoms with Gasteiger partial charge in [0.25, 0.3) is 0 Å². The molecule has 0 aliphatic carbocycles. The van der Waals surface area contributed by atoms with Crippen LogP contribution in [-0.4, -0.2) is 24.0 Å². The molecule has 0 saturated carbocycles. The predicted molar refractivity (Wildman–Crippen MR) is 95.3 cm³/mol. The van der Waals surface area contributed by atoms with Crippen LogP contribution in [0.3, 0.4) is 0 Å². The summed E-state index contributed by atoms with van der Waals surface area (Å²) in [7, 11) is 1.60. The third-order valence-corrected chi connectivity index (χ3v) is 4.89. The number of ether oxygens (including phenoxy) is 1. The number of carbonyl (C=O) groups excluding carboxylic acids is 1. The number of fused-ring (bicyclic) bond motifs is 1. The van der Waals surface area contributed by atoms with E-state index in [9.17, 15) is 9.18 Å². The van der Waals surface area contributed by atoms with E-state index < -0.39 is 0 Å². The average molecular weight is 343 g/mol. The number of nitrogens with zero attached hydrogens (tertiary/aromatic N) is 2. The lowest BCUT2D eigenvalue weighted by Gasteiger charge is -2.44. The van der Waals surface area contributed by atoms with Crippen LogP contribution in [0.2, 0.25) is 0 Å². The molecule has 1 aromatic heterocycles. The highest BCUT2D eigenvalue weighted by molar-refractivity contribution is 5.94. The van der Waals surface area contributed by atoms with Crippen LogP contribution in [0.1, 0.15) is 32.4 Å². The van der Waals surface area contributed by atoms with E-state index in [0.717, 1.165) is 11.3 Å². The van der Waals surface area contributed by atoms with Crippen LogP contribution in [0.25, 0.3) is 0 Å². The van der Waals surface area contributed by atoms with Crippen molar-refractivity contribution in [3.05, 3.63) is 47.9 Å². The molecule has 1 amide bonds. The summed E-state index contributed by atoms with van der Waals surface area (Å²) in [6, 6.07) is 7.91. The molecule has 0 bridgehead atoms. The molecule has 1 aliphatic rings. The van der Waals surface area contributed by atoms with Gasteiger partial charge in [-0.15, -0.1) is 0 Å². The summed E-state index contributed by atoms with van der Waals surface area (Å²) in [5.41, 5.74) is 1.49. The number of pyridine rings is 1. The summed E-state index contributed by atoms with van der Waals surface area (Å²) < 4.78 is 19.1. The van der Waals surface area contributed by atoms with Gasteiger partial charge in [0.15, 0.2) is 0 Å². The molecular formula is C19H22FN3O2. The number of nitrogens with one attached hydrogen (secondary N) is 1. The molecular weight excluding hydrogens is 321 g/mol. The summed E-state index contributed by atoms with van der Waals surface area (Å²) in [6.45, 7) is 5.59. The van der Waals surface area contributed by atoms with E-state index >= 15 is 0 Å². The molecule has 2 aromatic rings. The Morgan fingerprint density at radius 1 is 1.28 bits per heavy atom. The van der Waals surface area contributed by atoms with Gasteiger partial charge in [-0.05, 0) is 31.2 Å². The van der Waals surface area contributed by atoms with Gasteiger partial charge in [0.2, 0.25) is 5.91 Å². The highest BCUT2D eigenvalue weighted by Crippen LogP contribution is 2.42. The van der Waals surface area contributed by atoms with E-state index in [0.29, 0.717) is 11.6 Å². The maximum Gasteiger partial charge on any atom is 0.224 e. The minimum absolute atomic E-state index is 0.0291. The Morgan fingerprint density at radius 3 is 2.72 bits per heavy atom. The molecule has 2 heterocycles. The van der Waals surface area contributed by atoms with Gasteiger partial charge in [-0.25, -0.2) is 9.37 Å². The number of halogens is 1. The molecule has 0 saturated heterocycles. The number of anilines is 2. The number of carbonyl (C=O) groups is 1. The van der Waals surface area contributed by atoms with E-state index in [1.165, 1.54) is 19.1 Å². The summed E-state index contributed by atoms with van der Waals surface area (Å²) in [4.78, 5) is 18.2. The number of hydrogen-bond donors (Lipinski definition) is 1. The van der Waals surface area contributed by atoms with Crippen LogP contribution in [0, 0.1) is 11.7 Å². The lowest BCUT2D eigenvalue weighted by Crippen LogP contribution is -2.48. The Hall–Kier alpha value is -2.63. The van der Waals surface area contributed by atoms with E-state index in [1.54, 1.807) is 36.4 Å². The molecule has 0 unspecified atom stereocenters. The Labute approximate surface area is 146 Å². The number of benzene rings is 1. The Morgan fingerprint density at radius 2 is 2.04 bits per heavy atom. The lowest BCUT2D eigenvalue weighted by molar-refractivity contribution is -0.117. The van der Waals surface area contributed by atoms with E-state index in [4.69, 9.17) is 4.74 Å². The van der Waals surface area contributed by atoms with Crippen LogP contribution < -0.4 is 15.0 Å². The lowest BCUT2D eigenvalue weighted by atomic mass is 9.82. The van der Waals surface area contributed by atoms with E-state index in [-0.39, 0.29) is 29.7 Å².